The van der Waals surface area contributed by atoms with E-state index in [0.29, 0.717) is 24.8 Å². The van der Waals surface area contributed by atoms with E-state index >= 15 is 0 Å². The van der Waals surface area contributed by atoms with Gasteiger partial charge >= 0.3 is 0 Å². The molecule has 0 aromatic heterocycles. The molecule has 0 radical (unpaired) electrons. The number of likely N-dealkylation sites (N-methyl/N-ethyl adjacent to an activating group) is 1. The molecular weight excluding hydrogens is 314 g/mol. The van der Waals surface area contributed by atoms with Gasteiger partial charge in [-0.3, -0.25) is 9.59 Å². The van der Waals surface area contributed by atoms with E-state index in [0.717, 1.165) is 18.7 Å². The van der Waals surface area contributed by atoms with Crippen LogP contribution in [-0.4, -0.2) is 65.2 Å². The molecule has 1 amide bonds. The third kappa shape index (κ3) is 5.85. The summed E-state index contributed by atoms with van der Waals surface area (Å²) >= 11 is 0. The summed E-state index contributed by atoms with van der Waals surface area (Å²) < 4.78 is 0. The van der Waals surface area contributed by atoms with Crippen molar-refractivity contribution in [3.63, 3.8) is 0 Å². The topological polar surface area (TPSA) is 43.9 Å². The van der Waals surface area contributed by atoms with Crippen LogP contribution in [0.25, 0.3) is 0 Å². The first-order valence-electron chi connectivity index (χ1n) is 9.02. The molecule has 0 aliphatic carbocycles. The van der Waals surface area contributed by atoms with Crippen molar-refractivity contribution in [3.8, 4) is 0 Å². The largest absolute Gasteiger partial charge is 0.337 e. The van der Waals surface area contributed by atoms with Crippen molar-refractivity contribution in [3.05, 3.63) is 36.2 Å². The van der Waals surface area contributed by atoms with Gasteiger partial charge in [-0.15, -0.1) is 0 Å². The van der Waals surface area contributed by atoms with Crippen molar-refractivity contribution in [2.24, 2.45) is 0 Å². The number of carbonyl (C=O) groups excluding carboxylic acids is 2. The first-order chi connectivity index (χ1) is 11.7. The van der Waals surface area contributed by atoms with Crippen LogP contribution in [0.15, 0.2) is 36.2 Å². The number of rotatable bonds is 7. The Balaban J connectivity index is 2.77. The summed E-state index contributed by atoms with van der Waals surface area (Å²) in [6.07, 6.45) is 6.27. The van der Waals surface area contributed by atoms with Crippen molar-refractivity contribution in [1.29, 1.82) is 0 Å². The van der Waals surface area contributed by atoms with Crippen LogP contribution in [0.1, 0.15) is 41.0 Å². The highest BCUT2D eigenvalue weighted by Gasteiger charge is 2.31. The number of Topliss-reactive ketones (excluding diaryl/α,β-unsaturated/α-hetero) is 1. The molecule has 0 N–H and O–H groups in total. The molecule has 25 heavy (non-hydrogen) atoms. The van der Waals surface area contributed by atoms with Crippen molar-refractivity contribution >= 4 is 11.7 Å². The molecule has 5 heteroatoms. The van der Waals surface area contributed by atoms with Gasteiger partial charge in [-0.05, 0) is 34.2 Å². The Morgan fingerprint density at radius 1 is 1.40 bits per heavy atom. The lowest BCUT2D eigenvalue weighted by Gasteiger charge is -2.43. The Morgan fingerprint density at radius 3 is 2.52 bits per heavy atom. The maximum Gasteiger partial charge on any atom is 0.246 e. The van der Waals surface area contributed by atoms with Crippen LogP contribution in [0.2, 0.25) is 0 Å². The Morgan fingerprint density at radius 2 is 2.04 bits per heavy atom. The SMILES string of the molecule is C=C1CN(C(=O)/C=C/CN(C)C(C)C)CC(C)N1/C(=C\CC)C(C)=O. The van der Waals surface area contributed by atoms with E-state index in [-0.39, 0.29) is 17.7 Å². The van der Waals surface area contributed by atoms with Crippen LogP contribution in [-0.2, 0) is 9.59 Å². The monoisotopic (exact) mass is 347 g/mol. The van der Waals surface area contributed by atoms with Crippen LogP contribution in [0.4, 0.5) is 0 Å². The standard InChI is InChI=1S/C20H33N3O2/c1-8-10-19(18(6)24)23-16(4)13-22(14-17(23)5)20(25)11-9-12-21(7)15(2)3/h9-11,15,17H,4,8,12-14H2,1-3,5-7H3/b11-9+,19-10-. The number of carbonyl (C=O) groups is 2. The molecule has 1 unspecified atom stereocenters. The lowest BCUT2D eigenvalue weighted by atomic mass is 10.1. The Bertz CT molecular complexity index is 563. The molecule has 0 spiro atoms. The molecule has 0 saturated carbocycles. The Hall–Kier alpha value is -1.88. The minimum atomic E-state index is -0.00588. The summed E-state index contributed by atoms with van der Waals surface area (Å²) in [5.41, 5.74) is 1.47. The molecule has 1 aliphatic rings. The molecule has 140 valence electrons. The zero-order valence-corrected chi connectivity index (χ0v) is 16.6. The quantitative estimate of drug-likeness (QED) is 0.664. The first kappa shape index (κ1) is 21.2. The number of ketones is 1. The highest BCUT2D eigenvalue weighted by molar-refractivity contribution is 5.93. The highest BCUT2D eigenvalue weighted by Crippen LogP contribution is 2.24. The van der Waals surface area contributed by atoms with Crippen molar-refractivity contribution < 1.29 is 9.59 Å². The van der Waals surface area contributed by atoms with Crippen LogP contribution >= 0.6 is 0 Å². The lowest BCUT2D eigenvalue weighted by Crippen LogP contribution is -2.51. The van der Waals surface area contributed by atoms with Crippen molar-refractivity contribution in [2.45, 2.75) is 53.1 Å². The van der Waals surface area contributed by atoms with E-state index in [9.17, 15) is 9.59 Å². The molecule has 0 bridgehead atoms. The fraction of sp³-hybridized carbons (Fsp3) is 0.600. The summed E-state index contributed by atoms with van der Waals surface area (Å²) in [5.74, 6) is 0.0277. The Labute approximate surface area is 152 Å². The van der Waals surface area contributed by atoms with Gasteiger partial charge in [0.15, 0.2) is 5.78 Å². The summed E-state index contributed by atoms with van der Waals surface area (Å²) in [5, 5.41) is 0. The van der Waals surface area contributed by atoms with Crippen LogP contribution in [0, 0.1) is 0 Å². The minimum absolute atomic E-state index is 0.00588. The fourth-order valence-corrected chi connectivity index (χ4v) is 2.89. The average Bonchev–Trinajstić information content (AvgIpc) is 2.52. The summed E-state index contributed by atoms with van der Waals surface area (Å²) in [6, 6.07) is 0.470. The number of nitrogens with zero attached hydrogens (tertiary/aromatic N) is 3. The molecule has 0 aromatic carbocycles. The second-order valence-corrected chi connectivity index (χ2v) is 6.99. The highest BCUT2D eigenvalue weighted by atomic mass is 16.2. The summed E-state index contributed by atoms with van der Waals surface area (Å²) in [4.78, 5) is 30.3. The van der Waals surface area contributed by atoms with Crippen LogP contribution < -0.4 is 0 Å². The number of amides is 1. The van der Waals surface area contributed by atoms with Gasteiger partial charge in [0.05, 0.1) is 12.2 Å². The van der Waals surface area contributed by atoms with E-state index in [2.05, 4.69) is 25.3 Å². The molecule has 5 nitrogen and oxygen atoms in total. The van der Waals surface area contributed by atoms with Crippen molar-refractivity contribution in [2.75, 3.05) is 26.7 Å². The molecule has 0 aromatic rings. The van der Waals surface area contributed by atoms with Gasteiger partial charge < -0.3 is 14.7 Å². The molecule has 1 heterocycles. The average molecular weight is 348 g/mol. The zero-order chi connectivity index (χ0) is 19.1. The normalized spacial score (nSPS) is 19.4. The second kappa shape index (κ2) is 9.56. The maximum atomic E-state index is 12.5. The summed E-state index contributed by atoms with van der Waals surface area (Å²) in [6.45, 7) is 15.7. The van der Waals surface area contributed by atoms with Gasteiger partial charge in [0.25, 0.3) is 0 Å². The number of hydrogen-bond donors (Lipinski definition) is 0. The van der Waals surface area contributed by atoms with Crippen LogP contribution in [0.5, 0.6) is 0 Å². The third-order valence-electron chi connectivity index (χ3n) is 4.50. The van der Waals surface area contributed by atoms with Gasteiger partial charge in [-0.25, -0.2) is 0 Å². The number of piperazine rings is 1. The Kier molecular flexibility index (Phi) is 8.10. The van der Waals surface area contributed by atoms with Crippen molar-refractivity contribution in [1.82, 2.24) is 14.7 Å². The predicted molar refractivity (Wildman–Crippen MR) is 103 cm³/mol. The van der Waals surface area contributed by atoms with Gasteiger partial charge in [0, 0.05) is 43.9 Å². The smallest absolute Gasteiger partial charge is 0.246 e. The molecule has 1 rings (SSSR count). The van der Waals surface area contributed by atoms with Gasteiger partial charge in [0.1, 0.15) is 0 Å². The third-order valence-corrected chi connectivity index (χ3v) is 4.50. The minimum Gasteiger partial charge on any atom is -0.337 e. The predicted octanol–water partition coefficient (Wildman–Crippen LogP) is 2.81. The molecular formula is C20H33N3O2. The van der Waals surface area contributed by atoms with E-state index in [1.54, 1.807) is 17.9 Å². The summed E-state index contributed by atoms with van der Waals surface area (Å²) in [7, 11) is 2.03. The second-order valence-electron chi connectivity index (χ2n) is 6.99. The molecule has 1 atom stereocenters. The van der Waals surface area contributed by atoms with E-state index in [1.165, 1.54) is 0 Å². The lowest BCUT2D eigenvalue weighted by molar-refractivity contribution is -0.127. The molecule has 1 saturated heterocycles. The maximum absolute atomic E-state index is 12.5. The zero-order valence-electron chi connectivity index (χ0n) is 16.6. The van der Waals surface area contributed by atoms with Gasteiger partial charge in [0.2, 0.25) is 5.91 Å². The molecule has 1 aliphatic heterocycles. The fourth-order valence-electron chi connectivity index (χ4n) is 2.89. The van der Waals surface area contributed by atoms with Gasteiger partial charge in [-0.2, -0.15) is 0 Å². The van der Waals surface area contributed by atoms with E-state index in [1.807, 2.05) is 37.9 Å². The first-order valence-corrected chi connectivity index (χ1v) is 9.02. The number of hydrogen-bond acceptors (Lipinski definition) is 4. The van der Waals surface area contributed by atoms with E-state index < -0.39 is 0 Å². The molecule has 1 fully saturated rings. The van der Waals surface area contributed by atoms with Crippen LogP contribution in [0.3, 0.4) is 0 Å². The van der Waals surface area contributed by atoms with E-state index in [4.69, 9.17) is 0 Å². The van der Waals surface area contributed by atoms with Gasteiger partial charge in [-0.1, -0.05) is 25.7 Å². The number of allylic oxidation sites excluding steroid dienone is 2.